The highest BCUT2D eigenvalue weighted by molar-refractivity contribution is 5.90. The Morgan fingerprint density at radius 3 is 3.00 bits per heavy atom. The molecule has 1 aromatic heterocycles. The summed E-state index contributed by atoms with van der Waals surface area (Å²) in [4.78, 5) is 15.2. The summed E-state index contributed by atoms with van der Waals surface area (Å²) in [6.45, 7) is 5.27. The highest BCUT2D eigenvalue weighted by Gasteiger charge is 2.09. The molecular weight excluding hydrogens is 184 g/mol. The van der Waals surface area contributed by atoms with Gasteiger partial charge in [-0.15, -0.1) is 5.10 Å². The van der Waals surface area contributed by atoms with E-state index < -0.39 is 0 Å². The third-order valence-electron chi connectivity index (χ3n) is 1.54. The summed E-state index contributed by atoms with van der Waals surface area (Å²) in [5, 5.41) is 8.96. The van der Waals surface area contributed by atoms with Gasteiger partial charge in [-0.25, -0.2) is 4.98 Å². The van der Waals surface area contributed by atoms with Crippen molar-refractivity contribution in [1.82, 2.24) is 20.5 Å². The number of hydrogen-bond donors (Lipinski definition) is 2. The van der Waals surface area contributed by atoms with Crippen LogP contribution in [0.4, 0.5) is 0 Å². The van der Waals surface area contributed by atoms with Gasteiger partial charge < -0.3 is 10.1 Å². The average Bonchev–Trinajstić information content (AvgIpc) is 2.59. The van der Waals surface area contributed by atoms with Crippen LogP contribution in [0.2, 0.25) is 0 Å². The van der Waals surface area contributed by atoms with Crippen molar-refractivity contribution >= 4 is 5.91 Å². The maximum atomic E-state index is 11.3. The fraction of sp³-hybridized carbons (Fsp3) is 0.625. The van der Waals surface area contributed by atoms with Crippen LogP contribution in [-0.4, -0.2) is 40.8 Å². The number of nitrogens with one attached hydrogen (secondary N) is 2. The Morgan fingerprint density at radius 1 is 1.64 bits per heavy atom. The molecule has 0 saturated carbocycles. The van der Waals surface area contributed by atoms with Gasteiger partial charge in [0, 0.05) is 13.2 Å². The van der Waals surface area contributed by atoms with Crippen LogP contribution in [0.1, 0.15) is 23.4 Å². The predicted octanol–water partition coefficient (Wildman–Crippen LogP) is -0.121. The molecule has 6 nitrogen and oxygen atoms in total. The maximum absolute atomic E-state index is 11.3. The van der Waals surface area contributed by atoms with Crippen molar-refractivity contribution < 1.29 is 9.53 Å². The van der Waals surface area contributed by atoms with Crippen molar-refractivity contribution in [2.45, 2.75) is 13.8 Å². The van der Waals surface area contributed by atoms with Gasteiger partial charge in [0.25, 0.3) is 5.91 Å². The molecule has 1 amide bonds. The topological polar surface area (TPSA) is 79.9 Å². The van der Waals surface area contributed by atoms with Gasteiger partial charge in [0.05, 0.1) is 6.61 Å². The Morgan fingerprint density at radius 2 is 2.43 bits per heavy atom. The summed E-state index contributed by atoms with van der Waals surface area (Å²) in [7, 11) is 0. The van der Waals surface area contributed by atoms with Crippen LogP contribution in [0.3, 0.4) is 0 Å². The van der Waals surface area contributed by atoms with E-state index in [0.717, 1.165) is 0 Å². The fourth-order valence-electron chi connectivity index (χ4n) is 0.904. The maximum Gasteiger partial charge on any atom is 0.291 e. The molecule has 6 heteroatoms. The number of carbonyl (C=O) groups excluding carboxylic acids is 1. The molecule has 0 aliphatic carbocycles. The lowest BCUT2D eigenvalue weighted by Crippen LogP contribution is -2.28. The minimum absolute atomic E-state index is 0.166. The Labute approximate surface area is 82.1 Å². The van der Waals surface area contributed by atoms with E-state index in [4.69, 9.17) is 4.74 Å². The Kier molecular flexibility index (Phi) is 4.06. The van der Waals surface area contributed by atoms with Gasteiger partial charge in [0.2, 0.25) is 5.82 Å². The number of hydrogen-bond acceptors (Lipinski definition) is 4. The number of nitrogens with zero attached hydrogens (tertiary/aromatic N) is 2. The summed E-state index contributed by atoms with van der Waals surface area (Å²) < 4.78 is 5.06. The zero-order valence-corrected chi connectivity index (χ0v) is 8.33. The third kappa shape index (κ3) is 3.14. The quantitative estimate of drug-likeness (QED) is 0.646. The van der Waals surface area contributed by atoms with E-state index in [1.807, 2.05) is 6.92 Å². The van der Waals surface area contributed by atoms with Crippen LogP contribution in [-0.2, 0) is 4.74 Å². The first-order valence-electron chi connectivity index (χ1n) is 4.49. The molecule has 0 atom stereocenters. The number of aromatic nitrogens is 3. The minimum atomic E-state index is -0.283. The number of aryl methyl sites for hydroxylation is 1. The number of H-pyrrole nitrogens is 1. The zero-order valence-electron chi connectivity index (χ0n) is 8.33. The van der Waals surface area contributed by atoms with Gasteiger partial charge in [0.1, 0.15) is 5.82 Å². The van der Waals surface area contributed by atoms with Crippen molar-refractivity contribution in [2.24, 2.45) is 0 Å². The van der Waals surface area contributed by atoms with Gasteiger partial charge in [-0.3, -0.25) is 9.89 Å². The lowest BCUT2D eigenvalue weighted by atomic mass is 10.5. The highest BCUT2D eigenvalue weighted by Crippen LogP contribution is 1.89. The predicted molar refractivity (Wildman–Crippen MR) is 49.9 cm³/mol. The lowest BCUT2D eigenvalue weighted by Gasteiger charge is -2.01. The Bertz CT molecular complexity index is 297. The largest absolute Gasteiger partial charge is 0.380 e. The first-order chi connectivity index (χ1) is 6.74. The molecule has 0 aliphatic rings. The zero-order chi connectivity index (χ0) is 10.4. The van der Waals surface area contributed by atoms with Crippen LogP contribution < -0.4 is 5.32 Å². The standard InChI is InChI=1S/C8H14N4O2/c1-3-14-5-4-9-8(13)7-10-6(2)11-12-7/h3-5H2,1-2H3,(H,9,13)(H,10,11,12). The van der Waals surface area contributed by atoms with Crippen LogP contribution in [0.15, 0.2) is 0 Å². The molecule has 0 radical (unpaired) electrons. The molecule has 0 aromatic carbocycles. The number of ether oxygens (including phenoxy) is 1. The third-order valence-corrected chi connectivity index (χ3v) is 1.54. The van der Waals surface area contributed by atoms with Crippen LogP contribution in [0.5, 0.6) is 0 Å². The SMILES string of the molecule is CCOCCNC(=O)c1n[nH]c(C)n1. The van der Waals surface area contributed by atoms with Gasteiger partial charge in [-0.2, -0.15) is 0 Å². The molecule has 1 heterocycles. The fourth-order valence-corrected chi connectivity index (χ4v) is 0.904. The molecule has 14 heavy (non-hydrogen) atoms. The lowest BCUT2D eigenvalue weighted by molar-refractivity contribution is 0.0913. The van der Waals surface area contributed by atoms with E-state index in [0.29, 0.717) is 25.6 Å². The van der Waals surface area contributed by atoms with Crippen molar-refractivity contribution in [3.8, 4) is 0 Å². The Balaban J connectivity index is 2.29. The first kappa shape index (κ1) is 10.6. The number of aromatic amines is 1. The van der Waals surface area contributed by atoms with Crippen molar-refractivity contribution in [2.75, 3.05) is 19.8 Å². The van der Waals surface area contributed by atoms with Gasteiger partial charge in [-0.1, -0.05) is 0 Å². The summed E-state index contributed by atoms with van der Waals surface area (Å²) in [6, 6.07) is 0. The number of rotatable bonds is 5. The highest BCUT2D eigenvalue weighted by atomic mass is 16.5. The van der Waals surface area contributed by atoms with E-state index in [1.165, 1.54) is 0 Å². The molecular formula is C8H14N4O2. The summed E-state index contributed by atoms with van der Waals surface area (Å²) in [5.74, 6) is 0.507. The molecule has 0 fully saturated rings. The van der Waals surface area contributed by atoms with Crippen LogP contribution in [0.25, 0.3) is 0 Å². The average molecular weight is 198 g/mol. The second kappa shape index (κ2) is 5.33. The second-order valence-electron chi connectivity index (χ2n) is 2.70. The molecule has 0 aliphatic heterocycles. The summed E-state index contributed by atoms with van der Waals surface area (Å²) >= 11 is 0. The van der Waals surface area contributed by atoms with E-state index in [2.05, 4.69) is 20.5 Å². The summed E-state index contributed by atoms with van der Waals surface area (Å²) in [5.41, 5.74) is 0. The number of amides is 1. The monoisotopic (exact) mass is 198 g/mol. The van der Waals surface area contributed by atoms with Crippen molar-refractivity contribution in [3.63, 3.8) is 0 Å². The minimum Gasteiger partial charge on any atom is -0.380 e. The van der Waals surface area contributed by atoms with Gasteiger partial charge in [0.15, 0.2) is 0 Å². The Hall–Kier alpha value is -1.43. The molecule has 0 bridgehead atoms. The molecule has 2 N–H and O–H groups in total. The molecule has 1 rings (SSSR count). The van der Waals surface area contributed by atoms with Crippen molar-refractivity contribution in [3.05, 3.63) is 11.6 Å². The molecule has 0 spiro atoms. The second-order valence-corrected chi connectivity index (χ2v) is 2.70. The van der Waals surface area contributed by atoms with Gasteiger partial charge in [-0.05, 0) is 13.8 Å². The summed E-state index contributed by atoms with van der Waals surface area (Å²) in [6.07, 6.45) is 0. The van der Waals surface area contributed by atoms with E-state index >= 15 is 0 Å². The molecule has 0 saturated heterocycles. The van der Waals surface area contributed by atoms with E-state index in [-0.39, 0.29) is 11.7 Å². The van der Waals surface area contributed by atoms with Crippen molar-refractivity contribution in [1.29, 1.82) is 0 Å². The van der Waals surface area contributed by atoms with Crippen LogP contribution >= 0.6 is 0 Å². The first-order valence-corrected chi connectivity index (χ1v) is 4.49. The number of carbonyl (C=O) groups is 1. The van der Waals surface area contributed by atoms with E-state index in [9.17, 15) is 4.79 Å². The molecule has 78 valence electrons. The normalized spacial score (nSPS) is 10.1. The smallest absolute Gasteiger partial charge is 0.291 e. The van der Waals surface area contributed by atoms with E-state index in [1.54, 1.807) is 6.92 Å². The molecule has 0 unspecified atom stereocenters. The van der Waals surface area contributed by atoms with Gasteiger partial charge >= 0.3 is 0 Å². The van der Waals surface area contributed by atoms with Crippen LogP contribution in [0, 0.1) is 6.92 Å². The molecule has 1 aromatic rings.